The van der Waals surface area contributed by atoms with Crippen LogP contribution in [0.1, 0.15) is 31.4 Å². The third-order valence-corrected chi connectivity index (χ3v) is 5.21. The van der Waals surface area contributed by atoms with Crippen LogP contribution in [-0.2, 0) is 6.54 Å². The first-order valence-electron chi connectivity index (χ1n) is 8.47. The molecule has 2 aromatic carbocycles. The lowest BCUT2D eigenvalue weighted by molar-refractivity contribution is 0.251. The van der Waals surface area contributed by atoms with Crippen molar-refractivity contribution in [2.24, 2.45) is 0 Å². The van der Waals surface area contributed by atoms with Gasteiger partial charge in [0.15, 0.2) is 0 Å². The van der Waals surface area contributed by atoms with E-state index in [0.717, 1.165) is 29.0 Å². The summed E-state index contributed by atoms with van der Waals surface area (Å²) in [6, 6.07) is 13.6. The van der Waals surface area contributed by atoms with Crippen molar-refractivity contribution >= 4 is 23.5 Å². The molecule has 2 rings (SSSR count). The number of rotatable bonds is 7. The van der Waals surface area contributed by atoms with E-state index in [1.807, 2.05) is 49.0 Å². The van der Waals surface area contributed by atoms with E-state index in [1.165, 1.54) is 4.90 Å². The van der Waals surface area contributed by atoms with Crippen molar-refractivity contribution in [3.63, 3.8) is 0 Å². The quantitative estimate of drug-likeness (QED) is 0.668. The van der Waals surface area contributed by atoms with Crippen LogP contribution in [0.2, 0.25) is 0 Å². The Hall–Kier alpha value is -2.14. The highest BCUT2D eigenvalue weighted by Crippen LogP contribution is 2.28. The smallest absolute Gasteiger partial charge is 0.319 e. The molecular formula is C20H26N2O2S. The summed E-state index contributed by atoms with van der Waals surface area (Å²) in [5.74, 6) is 0.782. The van der Waals surface area contributed by atoms with Gasteiger partial charge in [0.05, 0.1) is 7.11 Å². The molecule has 2 aromatic rings. The van der Waals surface area contributed by atoms with Crippen LogP contribution < -0.4 is 15.4 Å². The lowest BCUT2D eigenvalue weighted by Crippen LogP contribution is -2.28. The summed E-state index contributed by atoms with van der Waals surface area (Å²) < 4.78 is 5.19. The number of benzene rings is 2. The number of amides is 2. The molecule has 2 amide bonds. The number of methoxy groups -OCH3 is 1. The maximum Gasteiger partial charge on any atom is 0.319 e. The first-order chi connectivity index (χ1) is 12.0. The van der Waals surface area contributed by atoms with Gasteiger partial charge >= 0.3 is 6.03 Å². The highest BCUT2D eigenvalue weighted by molar-refractivity contribution is 7.99. The number of thioether (sulfide) groups is 1. The third-order valence-electron chi connectivity index (χ3n) is 3.95. The Kier molecular flexibility index (Phi) is 7.19. The topological polar surface area (TPSA) is 50.4 Å². The van der Waals surface area contributed by atoms with Crippen molar-refractivity contribution in [2.45, 2.75) is 43.9 Å². The summed E-state index contributed by atoms with van der Waals surface area (Å²) in [5.41, 5.74) is 2.88. The Balaban J connectivity index is 1.91. The SMILES string of the molecule is CCC(C)Sc1ccc(NC(=O)NCc2cccc(OC)c2)c(C)c1. The molecule has 4 nitrogen and oxygen atoms in total. The largest absolute Gasteiger partial charge is 0.497 e. The number of nitrogens with one attached hydrogen (secondary N) is 2. The van der Waals surface area contributed by atoms with E-state index in [1.54, 1.807) is 7.11 Å². The van der Waals surface area contributed by atoms with Gasteiger partial charge in [0.25, 0.3) is 0 Å². The fraction of sp³-hybridized carbons (Fsp3) is 0.350. The predicted octanol–water partition coefficient (Wildman–Crippen LogP) is 5.22. The van der Waals surface area contributed by atoms with Crippen LogP contribution in [0.5, 0.6) is 5.75 Å². The molecular weight excluding hydrogens is 332 g/mol. The zero-order valence-corrected chi connectivity index (χ0v) is 16.1. The average molecular weight is 359 g/mol. The van der Waals surface area contributed by atoms with Crippen molar-refractivity contribution in [3.05, 3.63) is 53.6 Å². The minimum absolute atomic E-state index is 0.215. The maximum atomic E-state index is 12.1. The molecule has 134 valence electrons. The average Bonchev–Trinajstić information content (AvgIpc) is 2.62. The molecule has 1 unspecified atom stereocenters. The van der Waals surface area contributed by atoms with Crippen LogP contribution in [-0.4, -0.2) is 18.4 Å². The lowest BCUT2D eigenvalue weighted by atomic mass is 10.2. The first-order valence-corrected chi connectivity index (χ1v) is 9.35. The minimum Gasteiger partial charge on any atom is -0.497 e. The summed E-state index contributed by atoms with van der Waals surface area (Å²) in [7, 11) is 1.63. The first kappa shape index (κ1) is 19.2. The number of hydrogen-bond donors (Lipinski definition) is 2. The van der Waals surface area contributed by atoms with Gasteiger partial charge in [-0.2, -0.15) is 0 Å². The van der Waals surface area contributed by atoms with Crippen LogP contribution in [0.25, 0.3) is 0 Å². The summed E-state index contributed by atoms with van der Waals surface area (Å²) in [5, 5.41) is 6.37. The van der Waals surface area contributed by atoms with Crippen LogP contribution in [0.15, 0.2) is 47.4 Å². The number of hydrogen-bond acceptors (Lipinski definition) is 3. The van der Waals surface area contributed by atoms with Gasteiger partial charge in [0.1, 0.15) is 5.75 Å². The number of urea groups is 1. The second-order valence-corrected chi connectivity index (χ2v) is 7.48. The van der Waals surface area contributed by atoms with Gasteiger partial charge in [0, 0.05) is 22.4 Å². The van der Waals surface area contributed by atoms with Crippen molar-refractivity contribution in [1.29, 1.82) is 0 Å². The van der Waals surface area contributed by atoms with E-state index in [0.29, 0.717) is 11.8 Å². The minimum atomic E-state index is -0.215. The molecule has 0 aliphatic rings. The predicted molar refractivity (Wildman–Crippen MR) is 106 cm³/mol. The molecule has 25 heavy (non-hydrogen) atoms. The summed E-state index contributed by atoms with van der Waals surface area (Å²) in [6.45, 7) is 6.87. The van der Waals surface area contributed by atoms with E-state index >= 15 is 0 Å². The van der Waals surface area contributed by atoms with E-state index in [9.17, 15) is 4.79 Å². The number of anilines is 1. The summed E-state index contributed by atoms with van der Waals surface area (Å²) >= 11 is 1.86. The molecule has 0 aromatic heterocycles. The monoisotopic (exact) mass is 358 g/mol. The molecule has 0 saturated carbocycles. The highest BCUT2D eigenvalue weighted by Gasteiger charge is 2.07. The Morgan fingerprint density at radius 1 is 1.24 bits per heavy atom. The van der Waals surface area contributed by atoms with Gasteiger partial charge < -0.3 is 15.4 Å². The van der Waals surface area contributed by atoms with Gasteiger partial charge in [-0.25, -0.2) is 4.79 Å². The molecule has 0 saturated heterocycles. The standard InChI is InChI=1S/C20H26N2O2S/c1-5-15(3)25-18-9-10-19(14(2)11-18)22-20(23)21-13-16-7-6-8-17(12-16)24-4/h6-12,15H,5,13H2,1-4H3,(H2,21,22,23). The lowest BCUT2D eigenvalue weighted by Gasteiger charge is -2.13. The zero-order chi connectivity index (χ0) is 18.2. The zero-order valence-electron chi connectivity index (χ0n) is 15.3. The van der Waals surface area contributed by atoms with Crippen molar-refractivity contribution in [2.75, 3.05) is 12.4 Å². The number of carbonyl (C=O) groups is 1. The molecule has 0 aliphatic carbocycles. The molecule has 0 fully saturated rings. The normalized spacial score (nSPS) is 11.7. The second kappa shape index (κ2) is 9.37. The van der Waals surface area contributed by atoms with Gasteiger partial charge in [0.2, 0.25) is 0 Å². The van der Waals surface area contributed by atoms with Crippen LogP contribution >= 0.6 is 11.8 Å². The molecule has 0 radical (unpaired) electrons. The maximum absolute atomic E-state index is 12.1. The van der Waals surface area contributed by atoms with Crippen LogP contribution in [0.3, 0.4) is 0 Å². The number of ether oxygens (including phenoxy) is 1. The fourth-order valence-electron chi connectivity index (χ4n) is 2.30. The van der Waals surface area contributed by atoms with Gasteiger partial charge in [-0.3, -0.25) is 0 Å². The number of aryl methyl sites for hydroxylation is 1. The molecule has 2 N–H and O–H groups in total. The Morgan fingerprint density at radius 3 is 2.72 bits per heavy atom. The van der Waals surface area contributed by atoms with Gasteiger partial charge in [-0.1, -0.05) is 26.0 Å². The third kappa shape index (κ3) is 6.02. The van der Waals surface area contributed by atoms with E-state index < -0.39 is 0 Å². The highest BCUT2D eigenvalue weighted by atomic mass is 32.2. The van der Waals surface area contributed by atoms with E-state index in [4.69, 9.17) is 4.74 Å². The van der Waals surface area contributed by atoms with Crippen molar-refractivity contribution in [3.8, 4) is 5.75 Å². The molecule has 5 heteroatoms. The second-order valence-electron chi connectivity index (χ2n) is 5.97. The summed E-state index contributed by atoms with van der Waals surface area (Å²) in [4.78, 5) is 13.4. The van der Waals surface area contributed by atoms with Crippen molar-refractivity contribution in [1.82, 2.24) is 5.32 Å². The molecule has 0 spiro atoms. The molecule has 0 heterocycles. The summed E-state index contributed by atoms with van der Waals surface area (Å²) in [6.07, 6.45) is 1.14. The van der Waals surface area contributed by atoms with Gasteiger partial charge in [-0.15, -0.1) is 11.8 Å². The fourth-order valence-corrected chi connectivity index (χ4v) is 3.32. The Labute approximate surface area is 154 Å². The van der Waals surface area contributed by atoms with Crippen LogP contribution in [0.4, 0.5) is 10.5 Å². The Morgan fingerprint density at radius 2 is 2.04 bits per heavy atom. The number of carbonyl (C=O) groups excluding carboxylic acids is 1. The Bertz CT molecular complexity index is 719. The van der Waals surface area contributed by atoms with Gasteiger partial charge in [-0.05, 0) is 54.8 Å². The molecule has 0 aliphatic heterocycles. The van der Waals surface area contributed by atoms with E-state index in [2.05, 4.69) is 36.6 Å². The van der Waals surface area contributed by atoms with E-state index in [-0.39, 0.29) is 6.03 Å². The molecule has 0 bridgehead atoms. The molecule has 1 atom stereocenters. The van der Waals surface area contributed by atoms with Crippen LogP contribution in [0, 0.1) is 6.92 Å². The van der Waals surface area contributed by atoms with Crippen molar-refractivity contribution < 1.29 is 9.53 Å².